The number of thiophene rings is 1. The number of rotatable bonds is 6. The van der Waals surface area contributed by atoms with E-state index in [1.54, 1.807) is 15.9 Å². The van der Waals surface area contributed by atoms with E-state index in [2.05, 4.69) is 0 Å². The molecule has 1 aromatic heterocycles. The SMILES string of the molecule is O=C(Cc1ccc(-c2ccccc2)cc1)OCC(=O)N1CCN(C(=O)c2cccs2)CC1. The number of piperazine rings is 1. The highest BCUT2D eigenvalue weighted by atomic mass is 32.1. The average Bonchev–Trinajstić information content (AvgIpc) is 3.38. The van der Waals surface area contributed by atoms with Crippen molar-refractivity contribution >= 4 is 29.1 Å². The predicted octanol–water partition coefficient (Wildman–Crippen LogP) is 3.49. The molecule has 164 valence electrons. The molecule has 32 heavy (non-hydrogen) atoms. The van der Waals surface area contributed by atoms with Crippen molar-refractivity contribution in [2.75, 3.05) is 32.8 Å². The summed E-state index contributed by atoms with van der Waals surface area (Å²) in [6.45, 7) is 1.55. The minimum absolute atomic E-state index is 0.00295. The maximum Gasteiger partial charge on any atom is 0.310 e. The van der Waals surface area contributed by atoms with Crippen LogP contribution < -0.4 is 0 Å². The van der Waals surface area contributed by atoms with Crippen LogP contribution in [0.15, 0.2) is 72.1 Å². The van der Waals surface area contributed by atoms with Gasteiger partial charge in [-0.05, 0) is 28.1 Å². The minimum atomic E-state index is -0.433. The van der Waals surface area contributed by atoms with Crippen LogP contribution in [-0.4, -0.2) is 60.4 Å². The second-order valence-electron chi connectivity index (χ2n) is 7.55. The van der Waals surface area contributed by atoms with Gasteiger partial charge in [-0.25, -0.2) is 0 Å². The molecule has 0 bridgehead atoms. The summed E-state index contributed by atoms with van der Waals surface area (Å²) in [6.07, 6.45) is 0.117. The van der Waals surface area contributed by atoms with E-state index in [0.717, 1.165) is 16.7 Å². The van der Waals surface area contributed by atoms with Gasteiger partial charge in [-0.1, -0.05) is 60.7 Å². The van der Waals surface area contributed by atoms with Crippen molar-refractivity contribution in [3.8, 4) is 11.1 Å². The molecule has 2 heterocycles. The molecule has 0 N–H and O–H groups in total. The van der Waals surface area contributed by atoms with Crippen LogP contribution in [-0.2, 0) is 20.7 Å². The van der Waals surface area contributed by atoms with E-state index in [9.17, 15) is 14.4 Å². The molecule has 0 aliphatic carbocycles. The fourth-order valence-electron chi connectivity index (χ4n) is 3.61. The Morgan fingerprint density at radius 2 is 1.44 bits per heavy atom. The van der Waals surface area contributed by atoms with Crippen LogP contribution in [0.3, 0.4) is 0 Å². The Hall–Kier alpha value is -3.45. The van der Waals surface area contributed by atoms with E-state index in [1.807, 2.05) is 66.0 Å². The fourth-order valence-corrected chi connectivity index (χ4v) is 4.30. The van der Waals surface area contributed by atoms with E-state index < -0.39 is 5.97 Å². The standard InChI is InChI=1S/C25H24N2O4S/c28-23(26-12-14-27(15-13-26)25(30)22-7-4-16-32-22)18-31-24(29)17-19-8-10-21(11-9-19)20-5-2-1-3-6-20/h1-11,16H,12-15,17-18H2. The van der Waals surface area contributed by atoms with Gasteiger partial charge in [-0.15, -0.1) is 11.3 Å². The van der Waals surface area contributed by atoms with Gasteiger partial charge in [-0.2, -0.15) is 0 Å². The van der Waals surface area contributed by atoms with Crippen molar-refractivity contribution in [1.82, 2.24) is 9.80 Å². The lowest BCUT2D eigenvalue weighted by atomic mass is 10.0. The number of carbonyl (C=O) groups excluding carboxylic acids is 3. The molecule has 6 nitrogen and oxygen atoms in total. The van der Waals surface area contributed by atoms with Crippen LogP contribution in [0.4, 0.5) is 0 Å². The first-order valence-electron chi connectivity index (χ1n) is 10.5. The van der Waals surface area contributed by atoms with Gasteiger partial charge in [0.2, 0.25) is 0 Å². The van der Waals surface area contributed by atoms with Gasteiger partial charge in [0.05, 0.1) is 11.3 Å². The molecular weight excluding hydrogens is 424 g/mol. The number of carbonyl (C=O) groups is 3. The van der Waals surface area contributed by atoms with Crippen LogP contribution in [0.1, 0.15) is 15.2 Å². The molecule has 0 saturated carbocycles. The highest BCUT2D eigenvalue weighted by Gasteiger charge is 2.25. The number of hydrogen-bond acceptors (Lipinski definition) is 5. The molecule has 2 aromatic carbocycles. The lowest BCUT2D eigenvalue weighted by molar-refractivity contribution is -0.152. The number of amides is 2. The first-order chi connectivity index (χ1) is 15.6. The molecule has 1 aliphatic rings. The number of esters is 1. The number of nitrogens with zero attached hydrogens (tertiary/aromatic N) is 2. The Labute approximate surface area is 191 Å². The van der Waals surface area contributed by atoms with Crippen LogP contribution in [0.2, 0.25) is 0 Å². The Kier molecular flexibility index (Phi) is 6.97. The van der Waals surface area contributed by atoms with E-state index >= 15 is 0 Å². The van der Waals surface area contributed by atoms with Gasteiger partial charge in [0.25, 0.3) is 11.8 Å². The molecule has 0 spiro atoms. The lowest BCUT2D eigenvalue weighted by Crippen LogP contribution is -2.51. The normalized spacial score (nSPS) is 13.6. The second-order valence-corrected chi connectivity index (χ2v) is 8.50. The summed E-state index contributed by atoms with van der Waals surface area (Å²) >= 11 is 1.41. The maximum absolute atomic E-state index is 12.4. The molecule has 0 atom stereocenters. The van der Waals surface area contributed by atoms with E-state index in [1.165, 1.54) is 11.3 Å². The second kappa shape index (κ2) is 10.2. The minimum Gasteiger partial charge on any atom is -0.455 e. The Morgan fingerprint density at radius 3 is 2.09 bits per heavy atom. The van der Waals surface area contributed by atoms with Crippen LogP contribution in [0, 0.1) is 0 Å². The largest absolute Gasteiger partial charge is 0.455 e. The first kappa shape index (κ1) is 21.8. The summed E-state index contributed by atoms with van der Waals surface area (Å²) in [6, 6.07) is 21.4. The van der Waals surface area contributed by atoms with Crippen molar-refractivity contribution < 1.29 is 19.1 Å². The van der Waals surface area contributed by atoms with Crippen LogP contribution >= 0.6 is 11.3 Å². The van der Waals surface area contributed by atoms with Crippen molar-refractivity contribution in [2.45, 2.75) is 6.42 Å². The van der Waals surface area contributed by atoms with Gasteiger partial charge >= 0.3 is 5.97 Å². The summed E-state index contributed by atoms with van der Waals surface area (Å²) in [7, 11) is 0. The van der Waals surface area contributed by atoms with Gasteiger partial charge in [0.15, 0.2) is 6.61 Å². The summed E-state index contributed by atoms with van der Waals surface area (Å²) in [4.78, 5) is 41.1. The predicted molar refractivity (Wildman–Crippen MR) is 123 cm³/mol. The van der Waals surface area contributed by atoms with E-state index in [0.29, 0.717) is 31.1 Å². The molecule has 2 amide bonds. The zero-order valence-corrected chi connectivity index (χ0v) is 18.4. The van der Waals surface area contributed by atoms with Crippen molar-refractivity contribution in [2.24, 2.45) is 0 Å². The van der Waals surface area contributed by atoms with Crippen LogP contribution in [0.5, 0.6) is 0 Å². The molecule has 3 aromatic rings. The van der Waals surface area contributed by atoms with E-state index in [-0.39, 0.29) is 24.8 Å². The zero-order valence-electron chi connectivity index (χ0n) is 17.6. The monoisotopic (exact) mass is 448 g/mol. The topological polar surface area (TPSA) is 66.9 Å². The Bertz CT molecular complexity index is 1060. The van der Waals surface area contributed by atoms with Gasteiger partial charge in [-0.3, -0.25) is 14.4 Å². The van der Waals surface area contributed by atoms with Crippen molar-refractivity contribution in [3.63, 3.8) is 0 Å². The third-order valence-corrected chi connectivity index (χ3v) is 6.28. The van der Waals surface area contributed by atoms with Crippen LogP contribution in [0.25, 0.3) is 11.1 Å². The molecule has 4 rings (SSSR count). The Morgan fingerprint density at radius 1 is 0.781 bits per heavy atom. The summed E-state index contributed by atoms with van der Waals surface area (Å²) in [5, 5.41) is 1.87. The highest BCUT2D eigenvalue weighted by molar-refractivity contribution is 7.12. The number of hydrogen-bond donors (Lipinski definition) is 0. The fraction of sp³-hybridized carbons (Fsp3) is 0.240. The Balaban J connectivity index is 1.20. The molecule has 1 fully saturated rings. The van der Waals surface area contributed by atoms with Gasteiger partial charge in [0, 0.05) is 26.2 Å². The first-order valence-corrected chi connectivity index (χ1v) is 11.4. The third-order valence-electron chi connectivity index (χ3n) is 5.42. The summed E-state index contributed by atoms with van der Waals surface area (Å²) in [5.41, 5.74) is 3.03. The molecule has 0 unspecified atom stereocenters. The van der Waals surface area contributed by atoms with E-state index in [4.69, 9.17) is 4.74 Å². The van der Waals surface area contributed by atoms with Gasteiger partial charge in [0.1, 0.15) is 0 Å². The third kappa shape index (κ3) is 5.42. The molecule has 0 radical (unpaired) electrons. The molecule has 1 aliphatic heterocycles. The van der Waals surface area contributed by atoms with Crippen molar-refractivity contribution in [3.05, 3.63) is 82.6 Å². The summed E-state index contributed by atoms with van der Waals surface area (Å²) < 4.78 is 5.20. The number of benzene rings is 2. The smallest absolute Gasteiger partial charge is 0.310 e. The number of ether oxygens (including phenoxy) is 1. The lowest BCUT2D eigenvalue weighted by Gasteiger charge is -2.34. The van der Waals surface area contributed by atoms with Gasteiger partial charge < -0.3 is 14.5 Å². The quantitative estimate of drug-likeness (QED) is 0.542. The highest BCUT2D eigenvalue weighted by Crippen LogP contribution is 2.19. The molecule has 1 saturated heterocycles. The summed E-state index contributed by atoms with van der Waals surface area (Å²) in [5.74, 6) is -0.671. The zero-order chi connectivity index (χ0) is 22.3. The van der Waals surface area contributed by atoms with Crippen molar-refractivity contribution in [1.29, 1.82) is 0 Å². The average molecular weight is 449 g/mol. The molecule has 7 heteroatoms. The molecular formula is C25H24N2O4S. The maximum atomic E-state index is 12.4.